The number of nitro benzene ring substituents is 1. The third kappa shape index (κ3) is 6.14. The lowest BCUT2D eigenvalue weighted by atomic mass is 10.1. The number of amides is 1. The van der Waals surface area contributed by atoms with Crippen LogP contribution in [0.1, 0.15) is 29.0 Å². The Morgan fingerprint density at radius 1 is 1.31 bits per heavy atom. The van der Waals surface area contributed by atoms with Crippen molar-refractivity contribution >= 4 is 42.1 Å². The molecule has 1 unspecified atom stereocenters. The van der Waals surface area contributed by atoms with Crippen molar-refractivity contribution in [3.63, 3.8) is 0 Å². The zero-order chi connectivity index (χ0) is 17.5. The smallest absolute Gasteiger partial charge is 0.293 e. The van der Waals surface area contributed by atoms with E-state index in [0.717, 1.165) is 5.69 Å². The molecule has 8 nitrogen and oxygen atoms in total. The van der Waals surface area contributed by atoms with Gasteiger partial charge in [0.15, 0.2) is 0 Å². The number of nitro groups is 1. The maximum Gasteiger partial charge on any atom is 0.293 e. The zero-order valence-electron chi connectivity index (χ0n) is 14.0. The standard InChI is InChI=1S/C16H19N5O3.2ClH/c1-11(13-4-2-3-8-18-13)20-14-6-5-12(10-15(14)21(23)24)16(22)19-9-7-17;;/h2-6,8,10-11,20H,7,9,17H2,1H3,(H,19,22);2*1H. The molecule has 1 amide bonds. The van der Waals surface area contributed by atoms with Crippen molar-refractivity contribution in [1.29, 1.82) is 0 Å². The number of nitrogens with two attached hydrogens (primary N) is 1. The quantitative estimate of drug-likeness (QED) is 0.483. The molecule has 0 bridgehead atoms. The molecule has 1 aromatic carbocycles. The summed E-state index contributed by atoms with van der Waals surface area (Å²) in [5.74, 6) is -0.395. The van der Waals surface area contributed by atoms with Crippen LogP contribution in [0, 0.1) is 10.1 Å². The predicted octanol–water partition coefficient (Wildman–Crippen LogP) is 2.70. The van der Waals surface area contributed by atoms with E-state index in [1.165, 1.54) is 18.2 Å². The van der Waals surface area contributed by atoms with Crippen molar-refractivity contribution in [3.8, 4) is 0 Å². The Bertz CT molecular complexity index is 731. The highest BCUT2D eigenvalue weighted by atomic mass is 35.5. The third-order valence-corrected chi connectivity index (χ3v) is 3.39. The molecule has 0 radical (unpaired) electrons. The number of rotatable bonds is 7. The third-order valence-electron chi connectivity index (χ3n) is 3.39. The number of nitrogens with one attached hydrogen (secondary N) is 2. The molecule has 1 aromatic heterocycles. The zero-order valence-corrected chi connectivity index (χ0v) is 15.7. The highest BCUT2D eigenvalue weighted by Crippen LogP contribution is 2.28. The van der Waals surface area contributed by atoms with Gasteiger partial charge < -0.3 is 16.4 Å². The van der Waals surface area contributed by atoms with Gasteiger partial charge in [-0.2, -0.15) is 0 Å². The predicted molar refractivity (Wildman–Crippen MR) is 105 cm³/mol. The highest BCUT2D eigenvalue weighted by molar-refractivity contribution is 5.95. The average Bonchev–Trinajstić information content (AvgIpc) is 2.60. The number of halogens is 2. The van der Waals surface area contributed by atoms with E-state index < -0.39 is 10.8 Å². The normalized spacial score (nSPS) is 10.7. The lowest BCUT2D eigenvalue weighted by Gasteiger charge is -2.15. The number of anilines is 1. The summed E-state index contributed by atoms with van der Waals surface area (Å²) >= 11 is 0. The molecule has 0 spiro atoms. The fourth-order valence-corrected chi connectivity index (χ4v) is 2.17. The largest absolute Gasteiger partial charge is 0.371 e. The average molecular weight is 402 g/mol. The van der Waals surface area contributed by atoms with Crippen molar-refractivity contribution < 1.29 is 9.72 Å². The van der Waals surface area contributed by atoms with Crippen LogP contribution in [0.4, 0.5) is 11.4 Å². The minimum absolute atomic E-state index is 0. The van der Waals surface area contributed by atoms with Crippen molar-refractivity contribution in [1.82, 2.24) is 10.3 Å². The van der Waals surface area contributed by atoms with Crippen molar-refractivity contribution in [3.05, 3.63) is 64.0 Å². The first-order valence-electron chi connectivity index (χ1n) is 7.47. The van der Waals surface area contributed by atoms with E-state index >= 15 is 0 Å². The first-order valence-corrected chi connectivity index (χ1v) is 7.47. The van der Waals surface area contributed by atoms with Gasteiger partial charge >= 0.3 is 0 Å². The molecular weight excluding hydrogens is 381 g/mol. The summed E-state index contributed by atoms with van der Waals surface area (Å²) in [5, 5.41) is 17.0. The van der Waals surface area contributed by atoms with E-state index in [-0.39, 0.29) is 42.1 Å². The second-order valence-corrected chi connectivity index (χ2v) is 5.15. The van der Waals surface area contributed by atoms with Gasteiger partial charge in [0.2, 0.25) is 0 Å². The Morgan fingerprint density at radius 2 is 2.04 bits per heavy atom. The Kier molecular flexibility index (Phi) is 10.2. The van der Waals surface area contributed by atoms with Gasteiger partial charge in [0.1, 0.15) is 5.69 Å². The molecule has 0 aliphatic rings. The Hall–Kier alpha value is -2.42. The first-order chi connectivity index (χ1) is 11.5. The summed E-state index contributed by atoms with van der Waals surface area (Å²) in [6.45, 7) is 2.46. The molecule has 1 heterocycles. The van der Waals surface area contributed by atoms with Gasteiger partial charge in [0, 0.05) is 30.9 Å². The van der Waals surface area contributed by atoms with Crippen molar-refractivity contribution in [2.75, 3.05) is 18.4 Å². The molecule has 0 saturated heterocycles. The molecule has 2 rings (SSSR count). The summed E-state index contributed by atoms with van der Waals surface area (Å²) in [7, 11) is 0. The van der Waals surface area contributed by atoms with Crippen LogP contribution in [0.25, 0.3) is 0 Å². The number of hydrogen-bond acceptors (Lipinski definition) is 6. The maximum absolute atomic E-state index is 11.9. The molecule has 26 heavy (non-hydrogen) atoms. The molecular formula is C16H21Cl2N5O3. The summed E-state index contributed by atoms with van der Waals surface area (Å²) in [5.41, 5.74) is 6.46. The second-order valence-electron chi connectivity index (χ2n) is 5.15. The van der Waals surface area contributed by atoms with Crippen LogP contribution in [-0.4, -0.2) is 28.9 Å². The SMILES string of the molecule is CC(Nc1ccc(C(=O)NCCN)cc1[N+](=O)[O-])c1ccccn1.Cl.Cl. The monoisotopic (exact) mass is 401 g/mol. The van der Waals surface area contributed by atoms with Gasteiger partial charge in [-0.1, -0.05) is 6.07 Å². The van der Waals surface area contributed by atoms with Gasteiger partial charge in [-0.05, 0) is 31.2 Å². The minimum Gasteiger partial charge on any atom is -0.371 e. The van der Waals surface area contributed by atoms with E-state index in [4.69, 9.17) is 5.73 Å². The number of pyridine rings is 1. The maximum atomic E-state index is 11.9. The summed E-state index contributed by atoms with van der Waals surface area (Å²) in [6.07, 6.45) is 1.66. The van der Waals surface area contributed by atoms with Gasteiger partial charge in [0.25, 0.3) is 11.6 Å². The number of nitrogens with zero attached hydrogens (tertiary/aromatic N) is 2. The number of hydrogen-bond donors (Lipinski definition) is 3. The fraction of sp³-hybridized carbons (Fsp3) is 0.250. The van der Waals surface area contributed by atoms with Gasteiger partial charge in [-0.25, -0.2) is 0 Å². The summed E-state index contributed by atoms with van der Waals surface area (Å²) in [6, 6.07) is 9.56. The molecule has 0 fully saturated rings. The van der Waals surface area contributed by atoms with Crippen LogP contribution in [0.2, 0.25) is 0 Å². The molecule has 0 saturated carbocycles. The lowest BCUT2D eigenvalue weighted by molar-refractivity contribution is -0.384. The number of benzene rings is 1. The van der Waals surface area contributed by atoms with Gasteiger partial charge in [-0.3, -0.25) is 19.9 Å². The topological polar surface area (TPSA) is 123 Å². The summed E-state index contributed by atoms with van der Waals surface area (Å²) in [4.78, 5) is 26.9. The number of aromatic nitrogens is 1. The molecule has 1 atom stereocenters. The highest BCUT2D eigenvalue weighted by Gasteiger charge is 2.19. The number of carbonyl (C=O) groups excluding carboxylic acids is 1. The van der Waals surface area contributed by atoms with Crippen LogP contribution in [0.5, 0.6) is 0 Å². The first kappa shape index (κ1) is 23.6. The van der Waals surface area contributed by atoms with Gasteiger partial charge in [0.05, 0.1) is 16.7 Å². The number of carbonyl (C=O) groups is 1. The molecule has 0 aliphatic carbocycles. The van der Waals surface area contributed by atoms with E-state index in [0.29, 0.717) is 18.8 Å². The van der Waals surface area contributed by atoms with Crippen LogP contribution >= 0.6 is 24.8 Å². The lowest BCUT2D eigenvalue weighted by Crippen LogP contribution is -2.29. The molecule has 2 aromatic rings. The van der Waals surface area contributed by atoms with Crippen LogP contribution in [-0.2, 0) is 0 Å². The minimum atomic E-state index is -0.521. The molecule has 142 valence electrons. The van der Waals surface area contributed by atoms with Crippen LogP contribution < -0.4 is 16.4 Å². The van der Waals surface area contributed by atoms with Crippen molar-refractivity contribution in [2.24, 2.45) is 5.73 Å². The van der Waals surface area contributed by atoms with E-state index in [1.807, 2.05) is 19.1 Å². The van der Waals surface area contributed by atoms with Crippen LogP contribution in [0.15, 0.2) is 42.6 Å². The molecule has 0 aliphatic heterocycles. The van der Waals surface area contributed by atoms with Crippen LogP contribution in [0.3, 0.4) is 0 Å². The van der Waals surface area contributed by atoms with Crippen molar-refractivity contribution in [2.45, 2.75) is 13.0 Å². The molecule has 10 heteroatoms. The molecule has 4 N–H and O–H groups in total. The second kappa shape index (κ2) is 11.2. The summed E-state index contributed by atoms with van der Waals surface area (Å²) < 4.78 is 0. The van der Waals surface area contributed by atoms with E-state index in [9.17, 15) is 14.9 Å². The Morgan fingerprint density at radius 3 is 2.62 bits per heavy atom. The van der Waals surface area contributed by atoms with Gasteiger partial charge in [-0.15, -0.1) is 24.8 Å². The van der Waals surface area contributed by atoms with E-state index in [1.54, 1.807) is 12.3 Å². The Balaban J connectivity index is 0.00000312. The Labute approximate surface area is 163 Å². The van der Waals surface area contributed by atoms with E-state index in [2.05, 4.69) is 15.6 Å². The fourth-order valence-electron chi connectivity index (χ4n) is 2.17.